The highest BCUT2D eigenvalue weighted by molar-refractivity contribution is 5.41. The minimum absolute atomic E-state index is 0.123. The van der Waals surface area contributed by atoms with Crippen molar-refractivity contribution in [1.82, 2.24) is 15.1 Å². The monoisotopic (exact) mass is 338 g/mol. The van der Waals surface area contributed by atoms with Crippen molar-refractivity contribution in [2.45, 2.75) is 57.6 Å². The Morgan fingerprint density at radius 2 is 1.96 bits per heavy atom. The van der Waals surface area contributed by atoms with E-state index in [0.717, 1.165) is 42.6 Å². The minimum Gasteiger partial charge on any atom is -0.389 e. The Labute approximate surface area is 149 Å². The first kappa shape index (κ1) is 17.7. The van der Waals surface area contributed by atoms with Gasteiger partial charge in [0.2, 0.25) is 0 Å². The summed E-state index contributed by atoms with van der Waals surface area (Å²) >= 11 is 0. The number of benzene rings is 1. The molecule has 1 aromatic carbocycles. The first-order valence-corrected chi connectivity index (χ1v) is 9.03. The number of aromatic nitrogens is 2. The van der Waals surface area contributed by atoms with Gasteiger partial charge in [0.05, 0.1) is 29.1 Å². The van der Waals surface area contributed by atoms with Crippen LogP contribution in [0.2, 0.25) is 0 Å². The smallest absolute Gasteiger partial charge is 0.0991 e. The van der Waals surface area contributed by atoms with Gasteiger partial charge in [0, 0.05) is 23.8 Å². The van der Waals surface area contributed by atoms with E-state index in [2.05, 4.69) is 23.4 Å². The van der Waals surface area contributed by atoms with Gasteiger partial charge in [-0.1, -0.05) is 19.3 Å². The quantitative estimate of drug-likeness (QED) is 0.876. The molecule has 1 aliphatic carbocycles. The largest absolute Gasteiger partial charge is 0.389 e. The molecule has 0 saturated heterocycles. The van der Waals surface area contributed by atoms with Crippen LogP contribution < -0.4 is 5.32 Å². The van der Waals surface area contributed by atoms with Crippen LogP contribution in [0.25, 0.3) is 5.69 Å². The Bertz CT molecular complexity index is 751. The Morgan fingerprint density at radius 3 is 2.60 bits per heavy atom. The lowest BCUT2D eigenvalue weighted by Crippen LogP contribution is -2.42. The van der Waals surface area contributed by atoms with Crippen molar-refractivity contribution in [3.05, 3.63) is 47.3 Å². The van der Waals surface area contributed by atoms with Gasteiger partial charge in [-0.05, 0) is 51.0 Å². The molecule has 132 valence electrons. The Hall–Kier alpha value is -2.16. The standard InChI is InChI=1S/C20H26N4O/c1-15(22-14-20(25)10-4-3-5-11-20)19-13-23-24(16(19)2)18-8-6-17(12-21)7-9-18/h6-9,13,15,22,25H,3-5,10-11,14H2,1-2H3. The fraction of sp³-hybridized carbons (Fsp3) is 0.500. The molecule has 1 aliphatic rings. The predicted octanol–water partition coefficient (Wildman–Crippen LogP) is 3.40. The van der Waals surface area contributed by atoms with Crippen LogP contribution in [-0.4, -0.2) is 27.0 Å². The lowest BCUT2D eigenvalue weighted by molar-refractivity contribution is 0.00298. The van der Waals surface area contributed by atoms with Crippen molar-refractivity contribution in [2.75, 3.05) is 6.54 Å². The normalized spacial score (nSPS) is 17.8. The first-order chi connectivity index (χ1) is 12.0. The molecule has 0 aliphatic heterocycles. The van der Waals surface area contributed by atoms with E-state index in [1.165, 1.54) is 6.42 Å². The van der Waals surface area contributed by atoms with Crippen molar-refractivity contribution in [3.63, 3.8) is 0 Å². The summed E-state index contributed by atoms with van der Waals surface area (Å²) in [7, 11) is 0. The van der Waals surface area contributed by atoms with E-state index < -0.39 is 5.60 Å². The van der Waals surface area contributed by atoms with E-state index in [1.54, 1.807) is 12.1 Å². The molecule has 0 bridgehead atoms. The molecule has 1 saturated carbocycles. The number of nitriles is 1. The van der Waals surface area contributed by atoms with Crippen molar-refractivity contribution in [2.24, 2.45) is 0 Å². The zero-order valence-corrected chi connectivity index (χ0v) is 15.0. The summed E-state index contributed by atoms with van der Waals surface area (Å²) in [5.41, 5.74) is 3.22. The second kappa shape index (κ2) is 7.38. The van der Waals surface area contributed by atoms with Gasteiger partial charge in [-0.15, -0.1) is 0 Å². The highest BCUT2D eigenvalue weighted by Crippen LogP contribution is 2.28. The summed E-state index contributed by atoms with van der Waals surface area (Å²) in [6.45, 7) is 4.78. The maximum absolute atomic E-state index is 10.7. The molecule has 1 atom stereocenters. The number of nitrogens with zero attached hydrogens (tertiary/aromatic N) is 3. The predicted molar refractivity (Wildman–Crippen MR) is 97.5 cm³/mol. The van der Waals surface area contributed by atoms with Gasteiger partial charge < -0.3 is 10.4 Å². The molecule has 0 spiro atoms. The van der Waals surface area contributed by atoms with E-state index in [-0.39, 0.29) is 6.04 Å². The number of rotatable bonds is 5. The van der Waals surface area contributed by atoms with Crippen LogP contribution in [0.3, 0.4) is 0 Å². The van der Waals surface area contributed by atoms with E-state index in [0.29, 0.717) is 12.1 Å². The topological polar surface area (TPSA) is 73.9 Å². The Kier molecular flexibility index (Phi) is 5.22. The van der Waals surface area contributed by atoms with Gasteiger partial charge in [-0.25, -0.2) is 4.68 Å². The van der Waals surface area contributed by atoms with Crippen LogP contribution in [0.15, 0.2) is 30.5 Å². The van der Waals surface area contributed by atoms with Crippen LogP contribution in [0.1, 0.15) is 61.9 Å². The third-order valence-corrected chi connectivity index (χ3v) is 5.28. The number of hydrogen-bond acceptors (Lipinski definition) is 4. The van der Waals surface area contributed by atoms with Crippen molar-refractivity contribution in [3.8, 4) is 11.8 Å². The third kappa shape index (κ3) is 3.92. The lowest BCUT2D eigenvalue weighted by Gasteiger charge is -2.33. The SMILES string of the molecule is Cc1c(C(C)NCC2(O)CCCCC2)cnn1-c1ccc(C#N)cc1. The summed E-state index contributed by atoms with van der Waals surface area (Å²) in [5, 5.41) is 27.6. The fourth-order valence-electron chi connectivity index (χ4n) is 3.62. The van der Waals surface area contributed by atoms with Gasteiger partial charge in [0.25, 0.3) is 0 Å². The molecular weight excluding hydrogens is 312 g/mol. The number of nitrogens with one attached hydrogen (secondary N) is 1. The highest BCUT2D eigenvalue weighted by Gasteiger charge is 2.29. The summed E-state index contributed by atoms with van der Waals surface area (Å²) in [6.07, 6.45) is 7.11. The van der Waals surface area contributed by atoms with Crippen LogP contribution >= 0.6 is 0 Å². The zero-order valence-electron chi connectivity index (χ0n) is 15.0. The van der Waals surface area contributed by atoms with Crippen molar-refractivity contribution < 1.29 is 5.11 Å². The summed E-state index contributed by atoms with van der Waals surface area (Å²) in [5.74, 6) is 0. The number of hydrogen-bond donors (Lipinski definition) is 2. The maximum atomic E-state index is 10.7. The van der Waals surface area contributed by atoms with Gasteiger partial charge >= 0.3 is 0 Å². The highest BCUT2D eigenvalue weighted by atomic mass is 16.3. The number of aliphatic hydroxyl groups is 1. The van der Waals surface area contributed by atoms with Crippen LogP contribution in [0, 0.1) is 18.3 Å². The van der Waals surface area contributed by atoms with Gasteiger partial charge in [-0.3, -0.25) is 0 Å². The molecule has 5 nitrogen and oxygen atoms in total. The maximum Gasteiger partial charge on any atom is 0.0991 e. The van der Waals surface area contributed by atoms with E-state index in [1.807, 2.05) is 29.9 Å². The van der Waals surface area contributed by atoms with E-state index >= 15 is 0 Å². The third-order valence-electron chi connectivity index (χ3n) is 5.28. The minimum atomic E-state index is -0.566. The van der Waals surface area contributed by atoms with Gasteiger partial charge in [-0.2, -0.15) is 10.4 Å². The molecular formula is C20H26N4O. The summed E-state index contributed by atoms with van der Waals surface area (Å²) in [4.78, 5) is 0. The van der Waals surface area contributed by atoms with Gasteiger partial charge in [0.15, 0.2) is 0 Å². The molecule has 5 heteroatoms. The Balaban J connectivity index is 1.70. The molecule has 2 aromatic rings. The average Bonchev–Trinajstić information content (AvgIpc) is 3.02. The van der Waals surface area contributed by atoms with E-state index in [9.17, 15) is 5.11 Å². The van der Waals surface area contributed by atoms with Crippen LogP contribution in [0.4, 0.5) is 0 Å². The van der Waals surface area contributed by atoms with Gasteiger partial charge in [0.1, 0.15) is 0 Å². The molecule has 1 unspecified atom stereocenters. The Morgan fingerprint density at radius 1 is 1.28 bits per heavy atom. The van der Waals surface area contributed by atoms with Crippen LogP contribution in [-0.2, 0) is 0 Å². The van der Waals surface area contributed by atoms with Crippen molar-refractivity contribution >= 4 is 0 Å². The lowest BCUT2D eigenvalue weighted by atomic mass is 9.84. The zero-order chi connectivity index (χ0) is 17.9. The molecule has 1 heterocycles. The fourth-order valence-corrected chi connectivity index (χ4v) is 3.62. The molecule has 3 rings (SSSR count). The van der Waals surface area contributed by atoms with E-state index in [4.69, 9.17) is 5.26 Å². The molecule has 2 N–H and O–H groups in total. The van der Waals surface area contributed by atoms with Crippen LogP contribution in [0.5, 0.6) is 0 Å². The first-order valence-electron chi connectivity index (χ1n) is 9.03. The average molecular weight is 338 g/mol. The second-order valence-electron chi connectivity index (χ2n) is 7.14. The molecule has 25 heavy (non-hydrogen) atoms. The summed E-state index contributed by atoms with van der Waals surface area (Å²) in [6, 6.07) is 9.67. The molecule has 0 radical (unpaired) electrons. The van der Waals surface area contributed by atoms with Crippen molar-refractivity contribution in [1.29, 1.82) is 5.26 Å². The molecule has 1 aromatic heterocycles. The molecule has 0 amide bonds. The second-order valence-corrected chi connectivity index (χ2v) is 7.14. The molecule has 1 fully saturated rings. The summed E-state index contributed by atoms with van der Waals surface area (Å²) < 4.78 is 1.89.